The maximum Gasteiger partial charge on any atom is 0.335 e. The number of carboxylic acid groups (broad SMARTS) is 1. The van der Waals surface area contributed by atoms with Crippen LogP contribution in [0.15, 0.2) is 47.4 Å². The number of rotatable bonds is 5. The number of nitrogens with zero attached hydrogens (tertiary/aromatic N) is 1. The van der Waals surface area contributed by atoms with Crippen LogP contribution in [0.3, 0.4) is 0 Å². The lowest BCUT2D eigenvalue weighted by Gasteiger charge is -2.41. The third kappa shape index (κ3) is 3.21. The molecular formula is C23H24N2O5S2. The average Bonchev–Trinajstić information content (AvgIpc) is 3.58. The quantitative estimate of drug-likeness (QED) is 0.690. The number of anilines is 1. The molecule has 2 aromatic carbocycles. The molecule has 2 aliphatic heterocycles. The number of primary amides is 1. The summed E-state index contributed by atoms with van der Waals surface area (Å²) in [6.45, 7) is 0. The molecule has 3 aliphatic rings. The van der Waals surface area contributed by atoms with Crippen LogP contribution in [-0.4, -0.2) is 42.9 Å². The van der Waals surface area contributed by atoms with E-state index in [1.807, 2.05) is 11.8 Å². The van der Waals surface area contributed by atoms with Crippen LogP contribution in [-0.2, 0) is 15.4 Å². The van der Waals surface area contributed by atoms with Gasteiger partial charge in [0, 0.05) is 11.0 Å². The molecule has 1 saturated carbocycles. The average molecular weight is 473 g/mol. The van der Waals surface area contributed by atoms with Crippen LogP contribution in [0.5, 0.6) is 0 Å². The molecule has 7 nitrogen and oxygen atoms in total. The fourth-order valence-electron chi connectivity index (χ4n) is 5.33. The first kappa shape index (κ1) is 21.3. The minimum absolute atomic E-state index is 0.101. The van der Waals surface area contributed by atoms with Crippen LogP contribution in [0.2, 0.25) is 0 Å². The van der Waals surface area contributed by atoms with Crippen molar-refractivity contribution in [3.8, 4) is 0 Å². The second-order valence-corrected chi connectivity index (χ2v) is 11.8. The summed E-state index contributed by atoms with van der Waals surface area (Å²) in [5.41, 5.74) is 6.78. The number of carbonyl (C=O) groups is 2. The van der Waals surface area contributed by atoms with E-state index in [0.717, 1.165) is 42.8 Å². The number of amides is 1. The number of carboxylic acids is 1. The summed E-state index contributed by atoms with van der Waals surface area (Å²) in [6, 6.07) is 10.3. The van der Waals surface area contributed by atoms with Crippen LogP contribution >= 0.6 is 11.8 Å². The third-order valence-electron chi connectivity index (χ3n) is 6.99. The van der Waals surface area contributed by atoms with Crippen molar-refractivity contribution in [3.63, 3.8) is 0 Å². The van der Waals surface area contributed by atoms with Gasteiger partial charge in [0.2, 0.25) is 5.91 Å². The first-order chi connectivity index (χ1) is 15.3. The number of fused-ring (bicyclic) bond motifs is 2. The summed E-state index contributed by atoms with van der Waals surface area (Å²) < 4.78 is 29.5. The largest absolute Gasteiger partial charge is 0.478 e. The summed E-state index contributed by atoms with van der Waals surface area (Å²) in [4.78, 5) is 23.2. The van der Waals surface area contributed by atoms with Crippen LogP contribution in [0.1, 0.15) is 52.0 Å². The molecular weight excluding hydrogens is 448 g/mol. The standard InChI is InChI=1S/C23H24N2O5S2/c24-21(26)15-3-6-17(7-4-15)32(29,30)25-19-8-5-16(22(27)28)13-18(19)23(9-11-31-12-10-23)20(25)14-1-2-14/h3-8,13-14,20H,1-2,9-12H2,(H2,24,26)(H,27,28). The fraction of sp³-hybridized carbons (Fsp3) is 0.391. The van der Waals surface area contributed by atoms with Crippen molar-refractivity contribution in [1.29, 1.82) is 0 Å². The number of benzene rings is 2. The second kappa shape index (κ2) is 7.52. The van der Waals surface area contributed by atoms with Gasteiger partial charge in [0.15, 0.2) is 0 Å². The van der Waals surface area contributed by atoms with Gasteiger partial charge in [-0.05, 0) is 91.1 Å². The number of sulfonamides is 1. The molecule has 2 fully saturated rings. The van der Waals surface area contributed by atoms with Crippen molar-refractivity contribution in [3.05, 3.63) is 59.2 Å². The summed E-state index contributed by atoms with van der Waals surface area (Å²) in [5.74, 6) is 0.455. The van der Waals surface area contributed by atoms with Gasteiger partial charge in [-0.3, -0.25) is 9.10 Å². The molecule has 2 heterocycles. The van der Waals surface area contributed by atoms with Crippen LogP contribution in [0.4, 0.5) is 5.69 Å². The summed E-state index contributed by atoms with van der Waals surface area (Å²) in [6.07, 6.45) is 3.57. The van der Waals surface area contributed by atoms with Crippen molar-refractivity contribution >= 4 is 39.3 Å². The number of aromatic carboxylic acids is 1. The van der Waals surface area contributed by atoms with Crippen molar-refractivity contribution in [2.24, 2.45) is 11.7 Å². The molecule has 5 rings (SSSR count). The maximum atomic E-state index is 14.0. The van der Waals surface area contributed by atoms with E-state index in [-0.39, 0.29) is 33.4 Å². The van der Waals surface area contributed by atoms with E-state index >= 15 is 0 Å². The number of carbonyl (C=O) groups excluding carboxylic acids is 1. The van der Waals surface area contributed by atoms with Crippen LogP contribution < -0.4 is 10.0 Å². The highest BCUT2D eigenvalue weighted by Crippen LogP contribution is 2.59. The molecule has 3 N–H and O–H groups in total. The minimum atomic E-state index is -3.93. The second-order valence-electron chi connectivity index (χ2n) is 8.78. The highest BCUT2D eigenvalue weighted by Gasteiger charge is 2.59. The van der Waals surface area contributed by atoms with Crippen molar-refractivity contribution in [1.82, 2.24) is 0 Å². The van der Waals surface area contributed by atoms with Gasteiger partial charge in [0.05, 0.1) is 22.2 Å². The molecule has 9 heteroatoms. The Morgan fingerprint density at radius 1 is 1.03 bits per heavy atom. The fourth-order valence-corrected chi connectivity index (χ4v) is 8.35. The third-order valence-corrected chi connectivity index (χ3v) is 9.78. The summed E-state index contributed by atoms with van der Waals surface area (Å²) >= 11 is 1.86. The number of nitrogens with two attached hydrogens (primary N) is 1. The SMILES string of the molecule is NC(=O)c1ccc(S(=O)(=O)N2c3ccc(C(=O)O)cc3C3(CCSCC3)C2C2CC2)cc1. The molecule has 0 aromatic heterocycles. The Hall–Kier alpha value is -2.52. The van der Waals surface area contributed by atoms with Gasteiger partial charge in [0.1, 0.15) is 0 Å². The predicted molar refractivity (Wildman–Crippen MR) is 123 cm³/mol. The summed E-state index contributed by atoms with van der Waals surface area (Å²) in [7, 11) is -3.93. The van der Waals surface area contributed by atoms with Crippen molar-refractivity contribution in [2.45, 2.75) is 42.0 Å². The maximum absolute atomic E-state index is 14.0. The Morgan fingerprint density at radius 2 is 1.66 bits per heavy atom. The van der Waals surface area contributed by atoms with Crippen molar-refractivity contribution < 1.29 is 23.1 Å². The molecule has 2 aromatic rings. The molecule has 1 unspecified atom stereocenters. The van der Waals surface area contributed by atoms with E-state index in [9.17, 15) is 23.1 Å². The van der Waals surface area contributed by atoms with E-state index < -0.39 is 21.9 Å². The minimum Gasteiger partial charge on any atom is -0.478 e. The molecule has 1 amide bonds. The number of hydrogen-bond acceptors (Lipinski definition) is 5. The molecule has 32 heavy (non-hydrogen) atoms. The van der Waals surface area contributed by atoms with Crippen LogP contribution in [0.25, 0.3) is 0 Å². The zero-order chi connectivity index (χ0) is 22.7. The van der Waals surface area contributed by atoms with Crippen molar-refractivity contribution in [2.75, 3.05) is 15.8 Å². The zero-order valence-corrected chi connectivity index (χ0v) is 19.0. The highest BCUT2D eigenvalue weighted by molar-refractivity contribution is 7.99. The monoisotopic (exact) mass is 472 g/mol. The smallest absolute Gasteiger partial charge is 0.335 e. The lowest BCUT2D eigenvalue weighted by atomic mass is 9.70. The van der Waals surface area contributed by atoms with Gasteiger partial charge in [-0.25, -0.2) is 13.2 Å². The Kier molecular flexibility index (Phi) is 5.01. The van der Waals surface area contributed by atoms with E-state index in [1.165, 1.54) is 30.3 Å². The first-order valence-electron chi connectivity index (χ1n) is 10.7. The zero-order valence-electron chi connectivity index (χ0n) is 17.4. The van der Waals surface area contributed by atoms with E-state index in [4.69, 9.17) is 5.73 Å². The first-order valence-corrected chi connectivity index (χ1v) is 13.2. The molecule has 168 valence electrons. The van der Waals surface area contributed by atoms with Gasteiger partial charge in [-0.2, -0.15) is 11.8 Å². The topological polar surface area (TPSA) is 118 Å². The van der Waals surface area contributed by atoms with Gasteiger partial charge in [0.25, 0.3) is 10.0 Å². The number of thioether (sulfide) groups is 1. The predicted octanol–water partition coefficient (Wildman–Crippen LogP) is 3.24. The molecule has 1 saturated heterocycles. The van der Waals surface area contributed by atoms with Gasteiger partial charge >= 0.3 is 5.97 Å². The van der Waals surface area contributed by atoms with Gasteiger partial charge < -0.3 is 10.8 Å². The lowest BCUT2D eigenvalue weighted by molar-refractivity contribution is 0.0696. The van der Waals surface area contributed by atoms with E-state index in [2.05, 4.69) is 0 Å². The van der Waals surface area contributed by atoms with E-state index in [1.54, 1.807) is 16.4 Å². The highest BCUT2D eigenvalue weighted by atomic mass is 32.2. The molecule has 1 atom stereocenters. The van der Waals surface area contributed by atoms with Crippen LogP contribution in [0, 0.1) is 5.92 Å². The Bertz CT molecular complexity index is 1200. The molecule has 1 aliphatic carbocycles. The van der Waals surface area contributed by atoms with Gasteiger partial charge in [-0.1, -0.05) is 0 Å². The molecule has 0 radical (unpaired) electrons. The number of hydrogen-bond donors (Lipinski definition) is 2. The van der Waals surface area contributed by atoms with Gasteiger partial charge in [-0.15, -0.1) is 0 Å². The Balaban J connectivity index is 1.69. The molecule has 0 bridgehead atoms. The van der Waals surface area contributed by atoms with E-state index in [0.29, 0.717) is 5.69 Å². The molecule has 1 spiro atoms. The summed E-state index contributed by atoms with van der Waals surface area (Å²) in [5, 5.41) is 9.59. The Morgan fingerprint density at radius 3 is 2.22 bits per heavy atom. The lowest BCUT2D eigenvalue weighted by Crippen LogP contribution is -2.50. The Labute approximate surface area is 191 Å². The normalized spacial score (nSPS) is 22.0.